The Morgan fingerprint density at radius 2 is 2.00 bits per heavy atom. The number of nitrogens with zero attached hydrogens (tertiary/aromatic N) is 3. The fraction of sp³-hybridized carbons (Fsp3) is 0.400. The van der Waals surface area contributed by atoms with E-state index in [0.717, 1.165) is 29.7 Å². The third kappa shape index (κ3) is 5.54. The van der Waals surface area contributed by atoms with Crippen LogP contribution >= 0.6 is 0 Å². The maximum absolute atomic E-state index is 15.5. The van der Waals surface area contributed by atoms with Gasteiger partial charge in [0, 0.05) is 55.7 Å². The van der Waals surface area contributed by atoms with E-state index in [-0.39, 0.29) is 5.56 Å². The fourth-order valence-electron chi connectivity index (χ4n) is 5.56. The van der Waals surface area contributed by atoms with Crippen LogP contribution in [0.1, 0.15) is 56.4 Å². The standard InChI is InChI=1S/C30H33FN6O4/c1-30(2,3)41-29(39)37-11-7-19-18(16-37)4-5-20(31)26(19)23-14-24(27-21(33-23)6-10-32-28(27)38)34-25-15-22(35-36-25)17-8-12-40-13-9-17/h4-6,10,14-15,17H,7-9,11-13,16H2,1-3H3,(H,32,38)(H2,33,34,35,36). The molecular formula is C30H33FN6O4. The van der Waals surface area contributed by atoms with Gasteiger partial charge in [0.25, 0.3) is 5.56 Å². The van der Waals surface area contributed by atoms with Gasteiger partial charge in [0.05, 0.1) is 22.3 Å². The predicted octanol–water partition coefficient (Wildman–Crippen LogP) is 5.38. The van der Waals surface area contributed by atoms with Crippen molar-refractivity contribution in [2.24, 2.45) is 0 Å². The second-order valence-electron chi connectivity index (χ2n) is 11.6. The molecule has 0 aliphatic carbocycles. The van der Waals surface area contributed by atoms with Gasteiger partial charge < -0.3 is 24.7 Å². The number of ether oxygens (including phenoxy) is 2. The number of rotatable bonds is 4. The molecule has 1 aromatic carbocycles. The Balaban J connectivity index is 1.37. The molecule has 10 nitrogen and oxygen atoms in total. The second kappa shape index (κ2) is 10.6. The number of halogens is 1. The van der Waals surface area contributed by atoms with Gasteiger partial charge >= 0.3 is 6.09 Å². The summed E-state index contributed by atoms with van der Waals surface area (Å²) in [7, 11) is 0. The van der Waals surface area contributed by atoms with Gasteiger partial charge in [0.2, 0.25) is 0 Å². The molecule has 5 heterocycles. The zero-order valence-corrected chi connectivity index (χ0v) is 23.3. The Bertz CT molecular complexity index is 1670. The minimum atomic E-state index is -0.610. The number of nitrogens with one attached hydrogen (secondary N) is 3. The maximum atomic E-state index is 15.5. The molecule has 1 amide bonds. The highest BCUT2D eigenvalue weighted by Gasteiger charge is 2.29. The molecule has 3 N–H and O–H groups in total. The Morgan fingerprint density at radius 3 is 2.78 bits per heavy atom. The predicted molar refractivity (Wildman–Crippen MR) is 153 cm³/mol. The molecule has 11 heteroatoms. The van der Waals surface area contributed by atoms with Crippen molar-refractivity contribution in [1.29, 1.82) is 0 Å². The van der Waals surface area contributed by atoms with E-state index in [9.17, 15) is 9.59 Å². The molecule has 0 saturated carbocycles. The number of carbonyl (C=O) groups excluding carboxylic acids is 1. The van der Waals surface area contributed by atoms with Crippen molar-refractivity contribution < 1.29 is 18.7 Å². The van der Waals surface area contributed by atoms with Gasteiger partial charge in [-0.15, -0.1) is 0 Å². The van der Waals surface area contributed by atoms with Crippen LogP contribution in [0.5, 0.6) is 0 Å². The van der Waals surface area contributed by atoms with Crippen molar-refractivity contribution in [3.63, 3.8) is 0 Å². The van der Waals surface area contributed by atoms with Crippen LogP contribution in [0.15, 0.2) is 41.3 Å². The summed E-state index contributed by atoms with van der Waals surface area (Å²) < 4.78 is 26.6. The van der Waals surface area contributed by atoms with E-state index in [0.29, 0.717) is 72.3 Å². The molecule has 0 spiro atoms. The van der Waals surface area contributed by atoms with Gasteiger partial charge in [0.15, 0.2) is 5.82 Å². The van der Waals surface area contributed by atoms with Gasteiger partial charge in [-0.3, -0.25) is 9.89 Å². The SMILES string of the molecule is CC(C)(C)OC(=O)N1CCc2c(ccc(F)c2-c2cc(Nc3cc(C4CCOCC4)[nH]n3)c3c(=O)[nH]ccc3n2)C1. The highest BCUT2D eigenvalue weighted by Crippen LogP contribution is 2.36. The van der Waals surface area contributed by atoms with Crippen LogP contribution in [0.2, 0.25) is 0 Å². The van der Waals surface area contributed by atoms with Gasteiger partial charge in [0.1, 0.15) is 11.4 Å². The van der Waals surface area contributed by atoms with E-state index in [1.54, 1.807) is 23.1 Å². The molecular weight excluding hydrogens is 527 g/mol. The van der Waals surface area contributed by atoms with Gasteiger partial charge in [-0.25, -0.2) is 14.2 Å². The normalized spacial score (nSPS) is 16.0. The Morgan fingerprint density at radius 1 is 1.20 bits per heavy atom. The molecule has 2 aliphatic heterocycles. The van der Waals surface area contributed by atoms with Crippen LogP contribution in [-0.4, -0.2) is 56.5 Å². The number of anilines is 2. The Labute approximate surface area is 236 Å². The minimum absolute atomic E-state index is 0.304. The first-order valence-electron chi connectivity index (χ1n) is 13.9. The van der Waals surface area contributed by atoms with Crippen molar-refractivity contribution >= 4 is 28.5 Å². The molecule has 1 fully saturated rings. The van der Waals surface area contributed by atoms with Crippen LogP contribution in [-0.2, 0) is 22.4 Å². The number of amides is 1. The summed E-state index contributed by atoms with van der Waals surface area (Å²) in [5.74, 6) is 0.459. The topological polar surface area (TPSA) is 125 Å². The third-order valence-corrected chi connectivity index (χ3v) is 7.51. The summed E-state index contributed by atoms with van der Waals surface area (Å²) in [6.45, 7) is 7.59. The van der Waals surface area contributed by atoms with Gasteiger partial charge in [-0.1, -0.05) is 6.07 Å². The van der Waals surface area contributed by atoms with E-state index in [1.165, 1.54) is 12.3 Å². The maximum Gasteiger partial charge on any atom is 0.410 e. The third-order valence-electron chi connectivity index (χ3n) is 7.51. The number of aromatic nitrogens is 4. The molecule has 41 heavy (non-hydrogen) atoms. The number of pyridine rings is 2. The first-order valence-corrected chi connectivity index (χ1v) is 13.9. The number of fused-ring (bicyclic) bond motifs is 2. The number of benzene rings is 1. The van der Waals surface area contributed by atoms with Crippen LogP contribution in [0.4, 0.5) is 20.7 Å². The van der Waals surface area contributed by atoms with Crippen LogP contribution < -0.4 is 10.9 Å². The summed E-state index contributed by atoms with van der Waals surface area (Å²) in [5.41, 5.74) is 3.35. The van der Waals surface area contributed by atoms with E-state index in [1.807, 2.05) is 26.8 Å². The molecule has 2 aliphatic rings. The molecule has 0 bridgehead atoms. The van der Waals surface area contributed by atoms with Crippen molar-refractivity contribution in [3.8, 4) is 11.3 Å². The highest BCUT2D eigenvalue weighted by atomic mass is 19.1. The molecule has 6 rings (SSSR count). The van der Waals surface area contributed by atoms with Crippen molar-refractivity contribution in [2.45, 2.75) is 58.1 Å². The number of H-pyrrole nitrogens is 2. The summed E-state index contributed by atoms with van der Waals surface area (Å²) in [6, 6.07) is 8.43. The molecule has 0 atom stereocenters. The first kappa shape index (κ1) is 26.9. The molecule has 0 unspecified atom stereocenters. The van der Waals surface area contributed by atoms with E-state index >= 15 is 4.39 Å². The quantitative estimate of drug-likeness (QED) is 0.306. The number of hydrogen-bond acceptors (Lipinski definition) is 7. The average molecular weight is 561 g/mol. The Hall–Kier alpha value is -4.25. The lowest BCUT2D eigenvalue weighted by Gasteiger charge is -2.32. The Kier molecular flexibility index (Phi) is 6.98. The molecule has 0 radical (unpaired) electrons. The first-order chi connectivity index (χ1) is 19.7. The molecule has 4 aromatic rings. The van der Waals surface area contributed by atoms with Crippen LogP contribution in [0.3, 0.4) is 0 Å². The lowest BCUT2D eigenvalue weighted by Crippen LogP contribution is -2.40. The van der Waals surface area contributed by atoms with E-state index in [4.69, 9.17) is 14.5 Å². The smallest absolute Gasteiger partial charge is 0.410 e. The minimum Gasteiger partial charge on any atom is -0.444 e. The second-order valence-corrected chi connectivity index (χ2v) is 11.6. The van der Waals surface area contributed by atoms with E-state index < -0.39 is 17.5 Å². The van der Waals surface area contributed by atoms with Crippen LogP contribution in [0, 0.1) is 5.82 Å². The monoisotopic (exact) mass is 560 g/mol. The zero-order valence-electron chi connectivity index (χ0n) is 23.3. The number of aromatic amines is 2. The fourth-order valence-corrected chi connectivity index (χ4v) is 5.56. The van der Waals surface area contributed by atoms with Crippen molar-refractivity contribution in [3.05, 3.63) is 69.5 Å². The highest BCUT2D eigenvalue weighted by molar-refractivity contribution is 5.94. The average Bonchev–Trinajstić information content (AvgIpc) is 3.40. The summed E-state index contributed by atoms with van der Waals surface area (Å²) in [5, 5.41) is 11.2. The van der Waals surface area contributed by atoms with Crippen molar-refractivity contribution in [1.82, 2.24) is 25.1 Å². The van der Waals surface area contributed by atoms with Gasteiger partial charge in [-0.05, 0) is 69.4 Å². The number of carbonyl (C=O) groups is 1. The van der Waals surface area contributed by atoms with Crippen LogP contribution in [0.25, 0.3) is 22.2 Å². The molecule has 1 saturated heterocycles. The lowest BCUT2D eigenvalue weighted by molar-refractivity contribution is 0.0224. The number of hydrogen-bond donors (Lipinski definition) is 3. The lowest BCUT2D eigenvalue weighted by atomic mass is 9.92. The summed E-state index contributed by atoms with van der Waals surface area (Å²) in [4.78, 5) is 34.6. The summed E-state index contributed by atoms with van der Waals surface area (Å²) >= 11 is 0. The summed E-state index contributed by atoms with van der Waals surface area (Å²) in [6.07, 6.45) is 3.38. The molecule has 3 aromatic heterocycles. The zero-order chi connectivity index (χ0) is 28.7. The molecule has 214 valence electrons. The van der Waals surface area contributed by atoms with Crippen molar-refractivity contribution in [2.75, 3.05) is 25.1 Å². The van der Waals surface area contributed by atoms with E-state index in [2.05, 4.69) is 20.5 Å². The van der Waals surface area contributed by atoms with Gasteiger partial charge in [-0.2, -0.15) is 5.10 Å². The largest absolute Gasteiger partial charge is 0.444 e.